The van der Waals surface area contributed by atoms with Gasteiger partial charge in [-0.25, -0.2) is 9.53 Å². The minimum atomic E-state index is 0.0793. The van der Waals surface area contributed by atoms with E-state index in [0.717, 1.165) is 4.47 Å². The second kappa shape index (κ2) is 5.65. The molecule has 0 saturated heterocycles. The van der Waals surface area contributed by atoms with Crippen LogP contribution in [0, 0.1) is 6.57 Å². The highest BCUT2D eigenvalue weighted by atomic mass is 79.9. The minimum absolute atomic E-state index is 0.0793. The fourth-order valence-electron chi connectivity index (χ4n) is 1.85. The van der Waals surface area contributed by atoms with E-state index in [1.165, 1.54) is 4.68 Å². The van der Waals surface area contributed by atoms with E-state index in [9.17, 15) is 0 Å². The molecular weight excluding hydrogens is 363 g/mol. The molecule has 0 aliphatic carbocycles. The largest absolute Gasteiger partial charge is 0.392 e. The molecule has 0 atom stereocenters. The van der Waals surface area contributed by atoms with Crippen molar-refractivity contribution in [3.63, 3.8) is 0 Å². The lowest BCUT2D eigenvalue weighted by atomic mass is 10.1. The molecule has 0 radical (unpaired) electrons. The smallest absolute Gasteiger partial charge is 0.250 e. The number of hydrogen-bond acceptors (Lipinski definition) is 2. The first kappa shape index (κ1) is 15.2. The Balaban J connectivity index is 2.75. The molecule has 0 bridgehead atoms. The Labute approximate surface area is 135 Å². The first-order chi connectivity index (χ1) is 9.36. The van der Waals surface area contributed by atoms with Crippen LogP contribution in [0.25, 0.3) is 10.5 Å². The van der Waals surface area contributed by atoms with Gasteiger partial charge >= 0.3 is 0 Å². The molecule has 7 heteroatoms. The van der Waals surface area contributed by atoms with E-state index >= 15 is 0 Å². The molecule has 1 heterocycles. The maximum absolute atomic E-state index is 7.25. The Morgan fingerprint density at radius 3 is 2.30 bits per heavy atom. The van der Waals surface area contributed by atoms with Gasteiger partial charge in [0.1, 0.15) is 11.5 Å². The quantitative estimate of drug-likeness (QED) is 0.735. The number of hydrogen-bond donors (Lipinski definition) is 1. The van der Waals surface area contributed by atoms with Crippen molar-refractivity contribution in [1.29, 1.82) is 0 Å². The molecule has 0 amide bonds. The molecule has 1 aromatic heterocycles. The summed E-state index contributed by atoms with van der Waals surface area (Å²) in [5, 5.41) is 5.21. The summed E-state index contributed by atoms with van der Waals surface area (Å²) in [6.07, 6.45) is 0. The molecule has 0 fully saturated rings. The van der Waals surface area contributed by atoms with Gasteiger partial charge in [0.25, 0.3) is 5.69 Å². The molecule has 1 aromatic carbocycles. The van der Waals surface area contributed by atoms with E-state index in [1.54, 1.807) is 12.1 Å². The fraction of sp³-hybridized carbons (Fsp3) is 0.231. The second-order valence-corrected chi connectivity index (χ2v) is 6.25. The summed E-state index contributed by atoms with van der Waals surface area (Å²) in [5.74, 6) is 0.325. The molecule has 2 N–H and O–H groups in total. The van der Waals surface area contributed by atoms with Crippen LogP contribution in [0.5, 0.6) is 0 Å². The van der Waals surface area contributed by atoms with Crippen LogP contribution in [0.2, 0.25) is 10.0 Å². The number of benzene rings is 1. The Morgan fingerprint density at radius 2 is 1.90 bits per heavy atom. The van der Waals surface area contributed by atoms with E-state index in [4.69, 9.17) is 35.5 Å². The van der Waals surface area contributed by atoms with Gasteiger partial charge in [-0.3, -0.25) is 0 Å². The average molecular weight is 374 g/mol. The minimum Gasteiger partial charge on any atom is -0.392 e. The molecule has 2 rings (SSSR count). The highest BCUT2D eigenvalue weighted by molar-refractivity contribution is 9.10. The number of aromatic nitrogens is 2. The lowest BCUT2D eigenvalue weighted by molar-refractivity contribution is 0.773. The van der Waals surface area contributed by atoms with Gasteiger partial charge in [0.2, 0.25) is 0 Å². The third-order valence-corrected chi connectivity index (χ3v) is 3.81. The van der Waals surface area contributed by atoms with Gasteiger partial charge in [-0.05, 0) is 18.1 Å². The maximum Gasteiger partial charge on any atom is 0.250 e. The zero-order valence-electron chi connectivity index (χ0n) is 10.8. The predicted octanol–water partition coefficient (Wildman–Crippen LogP) is 5.20. The zero-order chi connectivity index (χ0) is 15.0. The van der Waals surface area contributed by atoms with Gasteiger partial charge in [0.15, 0.2) is 0 Å². The topological polar surface area (TPSA) is 48.2 Å². The zero-order valence-corrected chi connectivity index (χ0v) is 13.9. The van der Waals surface area contributed by atoms with Gasteiger partial charge in [-0.1, -0.05) is 53.0 Å². The van der Waals surface area contributed by atoms with Gasteiger partial charge in [-0.2, -0.15) is 5.10 Å². The summed E-state index contributed by atoms with van der Waals surface area (Å²) < 4.78 is 2.19. The first-order valence-electron chi connectivity index (χ1n) is 5.77. The number of halogens is 3. The lowest BCUT2D eigenvalue weighted by Gasteiger charge is -2.10. The van der Waals surface area contributed by atoms with Crippen LogP contribution >= 0.6 is 39.1 Å². The molecule has 20 heavy (non-hydrogen) atoms. The summed E-state index contributed by atoms with van der Waals surface area (Å²) in [6, 6.07) is 3.41. The summed E-state index contributed by atoms with van der Waals surface area (Å²) in [7, 11) is 0. The number of nitrogens with two attached hydrogens (primary N) is 1. The van der Waals surface area contributed by atoms with Crippen molar-refractivity contribution in [2.45, 2.75) is 19.8 Å². The highest BCUT2D eigenvalue weighted by Crippen LogP contribution is 2.38. The number of nitrogens with zero attached hydrogens (tertiary/aromatic N) is 3. The molecule has 0 spiro atoms. The Kier molecular flexibility index (Phi) is 4.28. The number of nitrogen functional groups attached to an aromatic ring is 1. The van der Waals surface area contributed by atoms with Crippen molar-refractivity contribution in [3.05, 3.63) is 43.8 Å². The number of anilines is 1. The van der Waals surface area contributed by atoms with Crippen LogP contribution < -0.4 is 5.73 Å². The van der Waals surface area contributed by atoms with E-state index in [0.29, 0.717) is 27.1 Å². The predicted molar refractivity (Wildman–Crippen MR) is 86.0 cm³/mol. The average Bonchev–Trinajstić information content (AvgIpc) is 2.65. The van der Waals surface area contributed by atoms with Crippen LogP contribution in [0.3, 0.4) is 0 Å². The molecule has 4 nitrogen and oxygen atoms in total. The van der Waals surface area contributed by atoms with E-state index < -0.39 is 0 Å². The molecule has 2 aromatic rings. The molecule has 0 unspecified atom stereocenters. The second-order valence-electron chi connectivity index (χ2n) is 4.52. The summed E-state index contributed by atoms with van der Waals surface area (Å²) in [4.78, 5) is 3.46. The fourth-order valence-corrected chi connectivity index (χ4v) is 3.22. The van der Waals surface area contributed by atoms with Crippen LogP contribution in [-0.2, 0) is 0 Å². The van der Waals surface area contributed by atoms with Gasteiger partial charge in [0, 0.05) is 4.47 Å². The van der Waals surface area contributed by atoms with Crippen molar-refractivity contribution >= 4 is 50.6 Å². The van der Waals surface area contributed by atoms with E-state index in [1.807, 2.05) is 13.8 Å². The van der Waals surface area contributed by atoms with Gasteiger partial charge in [-0.15, -0.1) is 0 Å². The molecular formula is C13H11BrCl2N4. The summed E-state index contributed by atoms with van der Waals surface area (Å²) in [6.45, 7) is 11.2. The third-order valence-electron chi connectivity index (χ3n) is 2.77. The monoisotopic (exact) mass is 372 g/mol. The molecule has 104 valence electrons. The summed E-state index contributed by atoms with van der Waals surface area (Å²) in [5.41, 5.74) is 7.47. The van der Waals surface area contributed by atoms with Crippen molar-refractivity contribution in [3.8, 4) is 5.69 Å². The van der Waals surface area contributed by atoms with Crippen LogP contribution in [0.4, 0.5) is 11.5 Å². The van der Waals surface area contributed by atoms with Crippen molar-refractivity contribution < 1.29 is 0 Å². The third kappa shape index (κ3) is 2.51. The Morgan fingerprint density at radius 1 is 1.35 bits per heavy atom. The van der Waals surface area contributed by atoms with Gasteiger partial charge in [0.05, 0.1) is 22.3 Å². The SMILES string of the molecule is [C-]#[N+]c1c(C(C)C)nn(-c2c(Cl)cc(Br)cc2Cl)c1N. The van der Waals surface area contributed by atoms with Crippen LogP contribution in [-0.4, -0.2) is 9.78 Å². The van der Waals surface area contributed by atoms with E-state index in [-0.39, 0.29) is 11.7 Å². The van der Waals surface area contributed by atoms with Crippen LogP contribution in [0.1, 0.15) is 25.5 Å². The van der Waals surface area contributed by atoms with Crippen molar-refractivity contribution in [1.82, 2.24) is 9.78 Å². The standard InChI is InChI=1S/C13H11BrCl2N4/c1-6(2)10-11(18-3)13(17)20(19-10)12-8(15)4-7(14)5-9(12)16/h4-6H,17H2,1-2H3. The first-order valence-corrected chi connectivity index (χ1v) is 7.32. The van der Waals surface area contributed by atoms with Crippen LogP contribution in [0.15, 0.2) is 16.6 Å². The van der Waals surface area contributed by atoms with E-state index in [2.05, 4.69) is 25.9 Å². The number of rotatable bonds is 2. The Bertz CT molecular complexity index is 693. The maximum atomic E-state index is 7.25. The highest BCUT2D eigenvalue weighted by Gasteiger charge is 2.22. The normalized spacial score (nSPS) is 10.8. The summed E-state index contributed by atoms with van der Waals surface area (Å²) >= 11 is 15.8. The van der Waals surface area contributed by atoms with Crippen molar-refractivity contribution in [2.24, 2.45) is 0 Å². The molecule has 0 aliphatic rings. The molecule has 0 saturated carbocycles. The van der Waals surface area contributed by atoms with Gasteiger partial charge < -0.3 is 5.73 Å². The van der Waals surface area contributed by atoms with Crippen molar-refractivity contribution in [2.75, 3.05) is 5.73 Å². The lowest BCUT2D eigenvalue weighted by Crippen LogP contribution is -2.04. The Hall–Kier alpha value is -1.22. The molecule has 0 aliphatic heterocycles.